The maximum Gasteiger partial charge on any atom is 0.292 e. The number of nitrogens with one attached hydrogen (secondary N) is 1. The normalized spacial score (nSPS) is 15.5. The van der Waals surface area contributed by atoms with Gasteiger partial charge in [-0.3, -0.25) is 5.41 Å². The third-order valence-corrected chi connectivity index (χ3v) is 5.31. The number of rotatable bonds is 2. The third-order valence-electron chi connectivity index (χ3n) is 5.31. The number of likely N-dealkylation sites (N-methyl/N-ethyl adjacent to an activating group) is 1. The quantitative estimate of drug-likeness (QED) is 0.554. The number of piperazine rings is 1. The molecule has 3 heterocycles. The smallest absolute Gasteiger partial charge is 0.292 e. The standard InChI is InChI=1S/C20H21N7O/c1-25-6-8-26(9-7-25)27-12-23-16-4-2-13(10-15(16)19(27)21)14-3-5-18-17(11-14)24-20(22)28-18/h2-5,10-12,21H,6-9H2,1H3,(H2,22,24). The summed E-state index contributed by atoms with van der Waals surface area (Å²) in [5, 5.41) is 11.7. The van der Waals surface area contributed by atoms with Crippen molar-refractivity contribution in [2.75, 3.05) is 44.0 Å². The lowest BCUT2D eigenvalue weighted by atomic mass is 10.0. The molecule has 0 atom stereocenters. The van der Waals surface area contributed by atoms with Crippen molar-refractivity contribution in [3.8, 4) is 11.1 Å². The first-order valence-electron chi connectivity index (χ1n) is 9.25. The highest BCUT2D eigenvalue weighted by atomic mass is 16.4. The van der Waals surface area contributed by atoms with Gasteiger partial charge in [-0.15, -0.1) is 0 Å². The number of hydrogen-bond donors (Lipinski definition) is 2. The topological polar surface area (TPSA) is 100 Å². The van der Waals surface area contributed by atoms with Gasteiger partial charge in [-0.1, -0.05) is 12.1 Å². The lowest BCUT2D eigenvalue weighted by Crippen LogP contribution is -2.53. The van der Waals surface area contributed by atoms with Gasteiger partial charge in [-0.25, -0.2) is 9.66 Å². The lowest BCUT2D eigenvalue weighted by Gasteiger charge is -2.35. The van der Waals surface area contributed by atoms with Gasteiger partial charge in [0.2, 0.25) is 0 Å². The molecule has 0 aliphatic carbocycles. The van der Waals surface area contributed by atoms with Crippen molar-refractivity contribution in [3.63, 3.8) is 0 Å². The van der Waals surface area contributed by atoms with Crippen molar-refractivity contribution in [2.24, 2.45) is 0 Å². The zero-order valence-corrected chi connectivity index (χ0v) is 15.6. The molecule has 0 saturated carbocycles. The maximum absolute atomic E-state index is 8.74. The zero-order chi connectivity index (χ0) is 19.3. The molecule has 1 saturated heterocycles. The summed E-state index contributed by atoms with van der Waals surface area (Å²) < 4.78 is 7.21. The van der Waals surface area contributed by atoms with Crippen LogP contribution in [0, 0.1) is 5.41 Å². The van der Waals surface area contributed by atoms with Gasteiger partial charge in [-0.05, 0) is 42.4 Å². The predicted octanol–water partition coefficient (Wildman–Crippen LogP) is 1.79. The van der Waals surface area contributed by atoms with E-state index in [1.807, 2.05) is 41.1 Å². The fraction of sp³-hybridized carbons (Fsp3) is 0.250. The molecule has 8 heteroatoms. The van der Waals surface area contributed by atoms with Crippen molar-refractivity contribution in [1.82, 2.24) is 19.5 Å². The Balaban J connectivity index is 1.59. The summed E-state index contributed by atoms with van der Waals surface area (Å²) in [5.41, 5.74) is 10.3. The predicted molar refractivity (Wildman–Crippen MR) is 108 cm³/mol. The highest BCUT2D eigenvalue weighted by Crippen LogP contribution is 2.26. The van der Waals surface area contributed by atoms with Crippen LogP contribution in [0.2, 0.25) is 0 Å². The van der Waals surface area contributed by atoms with Gasteiger partial charge in [0, 0.05) is 31.6 Å². The van der Waals surface area contributed by atoms with Gasteiger partial charge < -0.3 is 20.1 Å². The number of nitrogens with two attached hydrogens (primary N) is 1. The molecule has 0 spiro atoms. The summed E-state index contributed by atoms with van der Waals surface area (Å²) in [6, 6.07) is 11.9. The van der Waals surface area contributed by atoms with Crippen LogP contribution in [-0.4, -0.2) is 52.8 Å². The first-order valence-corrected chi connectivity index (χ1v) is 9.25. The van der Waals surface area contributed by atoms with Crippen molar-refractivity contribution in [3.05, 3.63) is 48.2 Å². The van der Waals surface area contributed by atoms with E-state index in [1.54, 1.807) is 6.33 Å². The molecule has 3 N–H and O–H groups in total. The highest BCUT2D eigenvalue weighted by molar-refractivity contribution is 5.86. The Labute approximate surface area is 161 Å². The molecule has 2 aromatic heterocycles. The summed E-state index contributed by atoms with van der Waals surface area (Å²) in [5.74, 6) is 0. The molecular weight excluding hydrogens is 354 g/mol. The largest absolute Gasteiger partial charge is 0.424 e. The van der Waals surface area contributed by atoms with Crippen LogP contribution >= 0.6 is 0 Å². The van der Waals surface area contributed by atoms with Gasteiger partial charge in [0.1, 0.15) is 11.8 Å². The summed E-state index contributed by atoms with van der Waals surface area (Å²) in [7, 11) is 2.12. The van der Waals surface area contributed by atoms with Crippen LogP contribution < -0.4 is 16.2 Å². The minimum atomic E-state index is 0.163. The minimum absolute atomic E-state index is 0.163. The average Bonchev–Trinajstić information content (AvgIpc) is 3.08. The average molecular weight is 375 g/mol. The SMILES string of the molecule is CN1CCN(n2cnc3ccc(-c4ccc5oc(N)nc5c4)cc3c2=N)CC1. The number of anilines is 1. The first kappa shape index (κ1) is 16.8. The molecule has 2 aromatic carbocycles. The van der Waals surface area contributed by atoms with Crippen molar-refractivity contribution >= 4 is 28.0 Å². The molecule has 1 fully saturated rings. The summed E-state index contributed by atoms with van der Waals surface area (Å²) >= 11 is 0. The second-order valence-electron chi connectivity index (χ2n) is 7.16. The van der Waals surface area contributed by atoms with Gasteiger partial charge in [-0.2, -0.15) is 4.98 Å². The van der Waals surface area contributed by atoms with Crippen LogP contribution in [0.15, 0.2) is 47.1 Å². The van der Waals surface area contributed by atoms with Gasteiger partial charge in [0.05, 0.1) is 5.52 Å². The van der Waals surface area contributed by atoms with E-state index in [2.05, 4.69) is 26.9 Å². The van der Waals surface area contributed by atoms with E-state index in [0.717, 1.165) is 53.7 Å². The number of nitrogens with zero attached hydrogens (tertiary/aromatic N) is 5. The van der Waals surface area contributed by atoms with Crippen molar-refractivity contribution < 1.29 is 4.42 Å². The molecule has 0 amide bonds. The van der Waals surface area contributed by atoms with Crippen molar-refractivity contribution in [2.45, 2.75) is 0 Å². The van der Waals surface area contributed by atoms with E-state index in [4.69, 9.17) is 15.6 Å². The molecule has 1 aliphatic rings. The zero-order valence-electron chi connectivity index (χ0n) is 15.6. The fourth-order valence-electron chi connectivity index (χ4n) is 3.67. The number of oxazole rings is 1. The molecule has 142 valence electrons. The third kappa shape index (κ3) is 2.78. The second-order valence-corrected chi connectivity index (χ2v) is 7.16. The number of fused-ring (bicyclic) bond motifs is 2. The fourth-order valence-corrected chi connectivity index (χ4v) is 3.67. The Morgan fingerprint density at radius 1 is 1.00 bits per heavy atom. The van der Waals surface area contributed by atoms with E-state index in [1.165, 1.54) is 0 Å². The van der Waals surface area contributed by atoms with E-state index in [9.17, 15) is 0 Å². The van der Waals surface area contributed by atoms with Gasteiger partial charge in [0.15, 0.2) is 11.1 Å². The highest BCUT2D eigenvalue weighted by Gasteiger charge is 2.15. The second kappa shape index (κ2) is 6.35. The summed E-state index contributed by atoms with van der Waals surface area (Å²) in [6.45, 7) is 3.71. The number of benzene rings is 2. The van der Waals surface area contributed by atoms with Crippen LogP contribution in [0.25, 0.3) is 33.1 Å². The van der Waals surface area contributed by atoms with Crippen LogP contribution in [-0.2, 0) is 0 Å². The van der Waals surface area contributed by atoms with Gasteiger partial charge >= 0.3 is 0 Å². The molecular formula is C20H21N7O. The Hall–Kier alpha value is -3.39. The minimum Gasteiger partial charge on any atom is -0.424 e. The molecule has 0 radical (unpaired) electrons. The van der Waals surface area contributed by atoms with E-state index in [-0.39, 0.29) is 6.01 Å². The first-order chi connectivity index (χ1) is 13.6. The molecule has 28 heavy (non-hydrogen) atoms. The lowest BCUT2D eigenvalue weighted by molar-refractivity contribution is 0.284. The van der Waals surface area contributed by atoms with E-state index < -0.39 is 0 Å². The van der Waals surface area contributed by atoms with Crippen LogP contribution in [0.5, 0.6) is 0 Å². The molecule has 0 unspecified atom stereocenters. The molecule has 1 aliphatic heterocycles. The maximum atomic E-state index is 8.74. The number of hydrogen-bond acceptors (Lipinski definition) is 7. The number of aromatic nitrogens is 3. The molecule has 4 aromatic rings. The Bertz CT molecular complexity index is 1230. The Morgan fingerprint density at radius 2 is 1.75 bits per heavy atom. The van der Waals surface area contributed by atoms with Crippen LogP contribution in [0.1, 0.15) is 0 Å². The Kier molecular flexibility index (Phi) is 3.80. The summed E-state index contributed by atoms with van der Waals surface area (Å²) in [6.07, 6.45) is 1.75. The van der Waals surface area contributed by atoms with Crippen LogP contribution in [0.4, 0.5) is 6.01 Å². The Morgan fingerprint density at radius 3 is 2.57 bits per heavy atom. The van der Waals surface area contributed by atoms with Gasteiger partial charge in [0.25, 0.3) is 6.01 Å². The van der Waals surface area contributed by atoms with E-state index >= 15 is 0 Å². The molecule has 8 nitrogen and oxygen atoms in total. The van der Waals surface area contributed by atoms with Crippen molar-refractivity contribution in [1.29, 1.82) is 5.41 Å². The van der Waals surface area contributed by atoms with E-state index in [0.29, 0.717) is 11.1 Å². The van der Waals surface area contributed by atoms with Crippen LogP contribution in [0.3, 0.4) is 0 Å². The monoisotopic (exact) mass is 375 g/mol. The molecule has 5 rings (SSSR count). The number of nitrogen functional groups attached to an aromatic ring is 1. The molecule has 0 bridgehead atoms. The summed E-state index contributed by atoms with van der Waals surface area (Å²) in [4.78, 5) is 11.1.